The highest BCUT2D eigenvalue weighted by molar-refractivity contribution is 6.32. The molecule has 0 saturated carbocycles. The minimum Gasteiger partial charge on any atom is -0.444 e. The van der Waals surface area contributed by atoms with E-state index >= 15 is 0 Å². The van der Waals surface area contributed by atoms with Crippen molar-refractivity contribution in [3.63, 3.8) is 0 Å². The predicted octanol–water partition coefficient (Wildman–Crippen LogP) is 2.91. The van der Waals surface area contributed by atoms with Gasteiger partial charge in [-0.1, -0.05) is 23.2 Å². The number of hydrogen-bond donors (Lipinski definition) is 2. The molecule has 0 fully saturated rings. The predicted molar refractivity (Wildman–Crippen MR) is 75.4 cm³/mol. The molecular weight excluding hydrogens is 289 g/mol. The highest BCUT2D eigenvalue weighted by Gasteiger charge is 2.20. The van der Waals surface area contributed by atoms with Crippen LogP contribution in [-0.2, 0) is 4.74 Å². The molecule has 1 aromatic heterocycles. The van der Waals surface area contributed by atoms with Crippen LogP contribution >= 0.6 is 23.2 Å². The van der Waals surface area contributed by atoms with Gasteiger partial charge < -0.3 is 15.8 Å². The molecule has 19 heavy (non-hydrogen) atoms. The third-order valence-corrected chi connectivity index (χ3v) is 2.50. The number of rotatable bonds is 3. The van der Waals surface area contributed by atoms with Crippen LogP contribution < -0.4 is 11.1 Å². The Bertz CT molecular complexity index is 441. The van der Waals surface area contributed by atoms with Crippen molar-refractivity contribution in [2.75, 3.05) is 6.54 Å². The van der Waals surface area contributed by atoms with Crippen LogP contribution in [0.2, 0.25) is 10.3 Å². The van der Waals surface area contributed by atoms with Crippen molar-refractivity contribution >= 4 is 29.3 Å². The zero-order valence-corrected chi connectivity index (χ0v) is 12.5. The van der Waals surface area contributed by atoms with Crippen LogP contribution in [0.4, 0.5) is 4.79 Å². The summed E-state index contributed by atoms with van der Waals surface area (Å²) in [5.74, 6) is 0. The molecule has 0 radical (unpaired) electrons. The smallest absolute Gasteiger partial charge is 0.408 e. The summed E-state index contributed by atoms with van der Waals surface area (Å²) in [7, 11) is 0. The number of carbonyl (C=O) groups excluding carboxylic acids is 1. The van der Waals surface area contributed by atoms with E-state index < -0.39 is 17.7 Å². The number of ether oxygens (including phenoxy) is 1. The Kier molecular flexibility index (Phi) is 5.40. The van der Waals surface area contributed by atoms with Crippen molar-refractivity contribution in [2.24, 2.45) is 5.73 Å². The van der Waals surface area contributed by atoms with Gasteiger partial charge in [0, 0.05) is 6.54 Å². The first kappa shape index (κ1) is 16.0. The van der Waals surface area contributed by atoms with Gasteiger partial charge in [-0.2, -0.15) is 0 Å². The second kappa shape index (κ2) is 6.41. The molecule has 1 atom stereocenters. The van der Waals surface area contributed by atoms with Crippen LogP contribution in [-0.4, -0.2) is 23.2 Å². The van der Waals surface area contributed by atoms with Gasteiger partial charge in [0.2, 0.25) is 0 Å². The summed E-state index contributed by atoms with van der Waals surface area (Å²) in [6.45, 7) is 5.54. The van der Waals surface area contributed by atoms with Crippen molar-refractivity contribution in [2.45, 2.75) is 32.4 Å². The highest BCUT2D eigenvalue weighted by atomic mass is 35.5. The Morgan fingerprint density at radius 3 is 2.37 bits per heavy atom. The standard InChI is InChI=1S/C12H17Cl2N3O2/c1-12(2,3)19-11(18)16-8(6-15)7-4-9(13)17-10(14)5-7/h4-5,8H,6,15H2,1-3H3,(H,16,18). The summed E-state index contributed by atoms with van der Waals surface area (Å²) >= 11 is 11.6. The Balaban J connectivity index is 2.81. The number of nitrogens with two attached hydrogens (primary N) is 1. The second-order valence-corrected chi connectivity index (χ2v) is 5.75. The lowest BCUT2D eigenvalue weighted by molar-refractivity contribution is 0.0505. The van der Waals surface area contributed by atoms with Crippen LogP contribution in [0.15, 0.2) is 12.1 Å². The van der Waals surface area contributed by atoms with Gasteiger partial charge in [0.25, 0.3) is 0 Å². The fourth-order valence-corrected chi connectivity index (χ4v) is 1.89. The van der Waals surface area contributed by atoms with E-state index in [2.05, 4.69) is 10.3 Å². The number of alkyl carbamates (subject to hydrolysis) is 1. The highest BCUT2D eigenvalue weighted by Crippen LogP contribution is 2.20. The quantitative estimate of drug-likeness (QED) is 0.842. The molecule has 5 nitrogen and oxygen atoms in total. The molecule has 0 aliphatic heterocycles. The van der Waals surface area contributed by atoms with Gasteiger partial charge >= 0.3 is 6.09 Å². The molecule has 0 spiro atoms. The lowest BCUT2D eigenvalue weighted by Gasteiger charge is -2.23. The Morgan fingerprint density at radius 2 is 1.95 bits per heavy atom. The zero-order chi connectivity index (χ0) is 14.6. The number of nitrogens with one attached hydrogen (secondary N) is 1. The number of aromatic nitrogens is 1. The molecule has 106 valence electrons. The maximum Gasteiger partial charge on any atom is 0.408 e. The molecule has 7 heteroatoms. The lowest BCUT2D eigenvalue weighted by atomic mass is 10.1. The maximum atomic E-state index is 11.7. The lowest BCUT2D eigenvalue weighted by Crippen LogP contribution is -2.37. The van der Waals surface area contributed by atoms with E-state index in [0.717, 1.165) is 0 Å². The molecule has 0 bridgehead atoms. The minimum absolute atomic E-state index is 0.190. The molecule has 1 rings (SSSR count). The summed E-state index contributed by atoms with van der Waals surface area (Å²) < 4.78 is 5.16. The van der Waals surface area contributed by atoms with Gasteiger partial charge in [-0.15, -0.1) is 0 Å². The number of pyridine rings is 1. The number of nitrogens with zero attached hydrogens (tertiary/aromatic N) is 1. The Morgan fingerprint density at radius 1 is 1.42 bits per heavy atom. The first-order valence-electron chi connectivity index (χ1n) is 5.74. The first-order chi connectivity index (χ1) is 8.71. The largest absolute Gasteiger partial charge is 0.444 e. The fourth-order valence-electron chi connectivity index (χ4n) is 1.41. The Hall–Kier alpha value is -1.04. The Labute approximate surface area is 122 Å². The second-order valence-electron chi connectivity index (χ2n) is 4.98. The molecule has 1 heterocycles. The van der Waals surface area contributed by atoms with E-state index in [4.69, 9.17) is 33.7 Å². The molecule has 1 unspecified atom stereocenters. The van der Waals surface area contributed by atoms with Crippen molar-refractivity contribution in [1.82, 2.24) is 10.3 Å². The minimum atomic E-state index is -0.573. The number of hydrogen-bond acceptors (Lipinski definition) is 4. The van der Waals surface area contributed by atoms with Gasteiger partial charge in [0.1, 0.15) is 15.9 Å². The van der Waals surface area contributed by atoms with Crippen LogP contribution in [0.5, 0.6) is 0 Å². The molecule has 1 amide bonds. The molecular formula is C12H17Cl2N3O2. The van der Waals surface area contributed by atoms with Crippen molar-refractivity contribution in [1.29, 1.82) is 0 Å². The molecule has 0 saturated heterocycles. The van der Waals surface area contributed by atoms with Crippen LogP contribution in [0.1, 0.15) is 32.4 Å². The van der Waals surface area contributed by atoms with Gasteiger partial charge in [-0.3, -0.25) is 0 Å². The van der Waals surface area contributed by atoms with Crippen molar-refractivity contribution < 1.29 is 9.53 Å². The van der Waals surface area contributed by atoms with Crippen molar-refractivity contribution in [3.8, 4) is 0 Å². The summed E-state index contributed by atoms with van der Waals surface area (Å²) in [5, 5.41) is 3.15. The van der Waals surface area contributed by atoms with Crippen LogP contribution in [0, 0.1) is 0 Å². The van der Waals surface area contributed by atoms with Crippen molar-refractivity contribution in [3.05, 3.63) is 28.0 Å². The van der Waals surface area contributed by atoms with Gasteiger partial charge in [0.15, 0.2) is 0 Å². The maximum absolute atomic E-state index is 11.7. The summed E-state index contributed by atoms with van der Waals surface area (Å²) in [6.07, 6.45) is -0.549. The van der Waals surface area contributed by atoms with Crippen LogP contribution in [0.3, 0.4) is 0 Å². The van der Waals surface area contributed by atoms with Gasteiger partial charge in [-0.05, 0) is 38.5 Å². The van der Waals surface area contributed by atoms with E-state index in [-0.39, 0.29) is 16.9 Å². The molecule has 0 aliphatic carbocycles. The SMILES string of the molecule is CC(C)(C)OC(=O)NC(CN)c1cc(Cl)nc(Cl)c1. The summed E-state index contributed by atoms with van der Waals surface area (Å²) in [6, 6.07) is 2.76. The topological polar surface area (TPSA) is 77.2 Å². The monoisotopic (exact) mass is 305 g/mol. The van der Waals surface area contributed by atoms with Gasteiger partial charge in [-0.25, -0.2) is 9.78 Å². The van der Waals surface area contributed by atoms with Crippen LogP contribution in [0.25, 0.3) is 0 Å². The molecule has 1 aromatic rings. The normalized spacial score (nSPS) is 12.9. The first-order valence-corrected chi connectivity index (χ1v) is 6.49. The fraction of sp³-hybridized carbons (Fsp3) is 0.500. The third-order valence-electron chi connectivity index (χ3n) is 2.11. The van der Waals surface area contributed by atoms with E-state index in [1.165, 1.54) is 0 Å². The zero-order valence-electron chi connectivity index (χ0n) is 11.0. The average molecular weight is 306 g/mol. The number of amides is 1. The number of halogens is 2. The molecule has 0 aromatic carbocycles. The summed E-state index contributed by atoms with van der Waals surface area (Å²) in [4.78, 5) is 15.5. The van der Waals surface area contributed by atoms with E-state index in [1.807, 2.05) is 0 Å². The van der Waals surface area contributed by atoms with E-state index in [1.54, 1.807) is 32.9 Å². The number of carbonyl (C=O) groups is 1. The average Bonchev–Trinajstić information content (AvgIpc) is 2.21. The molecule has 3 N–H and O–H groups in total. The van der Waals surface area contributed by atoms with E-state index in [0.29, 0.717) is 5.56 Å². The molecule has 0 aliphatic rings. The van der Waals surface area contributed by atoms with Gasteiger partial charge in [0.05, 0.1) is 6.04 Å². The van der Waals surface area contributed by atoms with E-state index in [9.17, 15) is 4.79 Å². The third kappa shape index (κ3) is 5.63. The summed E-state index contributed by atoms with van der Waals surface area (Å²) in [5.41, 5.74) is 5.75.